The molecule has 5 heteroatoms. The summed E-state index contributed by atoms with van der Waals surface area (Å²) in [6.45, 7) is 5.83. The van der Waals surface area contributed by atoms with Gasteiger partial charge in [0.25, 0.3) is 0 Å². The zero-order chi connectivity index (χ0) is 14.4. The predicted octanol–water partition coefficient (Wildman–Crippen LogP) is 1.54. The van der Waals surface area contributed by atoms with E-state index in [2.05, 4.69) is 16.0 Å². The SMILES string of the molecule is Cc1cc(N2CC3CCC(O)C3C2)c(C(N)=S)c(C)n1. The number of fused-ring (bicyclic) bond motifs is 1. The topological polar surface area (TPSA) is 62.4 Å². The average Bonchev–Trinajstić information content (AvgIpc) is 2.90. The van der Waals surface area contributed by atoms with Crippen LogP contribution in [0.1, 0.15) is 29.8 Å². The Balaban J connectivity index is 1.97. The first-order valence-corrected chi connectivity index (χ1v) is 7.59. The van der Waals surface area contributed by atoms with Crippen LogP contribution in [0.25, 0.3) is 0 Å². The van der Waals surface area contributed by atoms with Crippen molar-refractivity contribution in [1.29, 1.82) is 0 Å². The molecule has 4 nitrogen and oxygen atoms in total. The highest BCUT2D eigenvalue weighted by Gasteiger charge is 2.42. The number of anilines is 1. The summed E-state index contributed by atoms with van der Waals surface area (Å²) >= 11 is 5.20. The molecule has 3 rings (SSSR count). The molecule has 0 radical (unpaired) electrons. The number of nitrogens with zero attached hydrogens (tertiary/aromatic N) is 2. The Kier molecular flexibility index (Phi) is 3.42. The van der Waals surface area contributed by atoms with Gasteiger partial charge < -0.3 is 15.7 Å². The maximum atomic E-state index is 10.1. The second-order valence-corrected chi connectivity index (χ2v) is 6.52. The van der Waals surface area contributed by atoms with Gasteiger partial charge in [-0.1, -0.05) is 12.2 Å². The first-order chi connectivity index (χ1) is 9.47. The van der Waals surface area contributed by atoms with Crippen LogP contribution in [0.5, 0.6) is 0 Å². The number of aryl methyl sites for hydroxylation is 2. The van der Waals surface area contributed by atoms with E-state index in [1.807, 2.05) is 13.8 Å². The quantitative estimate of drug-likeness (QED) is 0.809. The summed E-state index contributed by atoms with van der Waals surface area (Å²) in [5.41, 5.74) is 9.74. The van der Waals surface area contributed by atoms with E-state index in [1.54, 1.807) is 0 Å². The number of aliphatic hydroxyl groups excluding tert-OH is 1. The van der Waals surface area contributed by atoms with Crippen molar-refractivity contribution in [3.05, 3.63) is 23.0 Å². The minimum Gasteiger partial charge on any atom is -0.393 e. The van der Waals surface area contributed by atoms with Crippen molar-refractivity contribution < 1.29 is 5.11 Å². The molecule has 1 aromatic rings. The minimum absolute atomic E-state index is 0.151. The van der Waals surface area contributed by atoms with Crippen LogP contribution in [0.15, 0.2) is 6.07 Å². The van der Waals surface area contributed by atoms with E-state index < -0.39 is 0 Å². The Bertz CT molecular complexity index is 560. The van der Waals surface area contributed by atoms with Crippen molar-refractivity contribution in [2.24, 2.45) is 17.6 Å². The molecule has 1 aliphatic carbocycles. The maximum Gasteiger partial charge on any atom is 0.107 e. The maximum absolute atomic E-state index is 10.1. The van der Waals surface area contributed by atoms with Gasteiger partial charge in [0.2, 0.25) is 0 Å². The Morgan fingerprint density at radius 3 is 2.80 bits per heavy atom. The lowest BCUT2D eigenvalue weighted by molar-refractivity contribution is 0.133. The summed E-state index contributed by atoms with van der Waals surface area (Å²) in [7, 11) is 0. The van der Waals surface area contributed by atoms with Crippen LogP contribution in [-0.2, 0) is 0 Å². The summed E-state index contributed by atoms with van der Waals surface area (Å²) in [6, 6.07) is 2.06. The summed E-state index contributed by atoms with van der Waals surface area (Å²) in [5.74, 6) is 0.987. The van der Waals surface area contributed by atoms with Crippen LogP contribution in [0.2, 0.25) is 0 Å². The fraction of sp³-hybridized carbons (Fsp3) is 0.600. The molecule has 3 atom stereocenters. The second kappa shape index (κ2) is 4.97. The van der Waals surface area contributed by atoms with Gasteiger partial charge in [-0.3, -0.25) is 4.98 Å². The van der Waals surface area contributed by atoms with Crippen molar-refractivity contribution in [2.45, 2.75) is 32.8 Å². The van der Waals surface area contributed by atoms with Crippen LogP contribution < -0.4 is 10.6 Å². The van der Waals surface area contributed by atoms with Crippen molar-refractivity contribution >= 4 is 22.9 Å². The molecule has 2 fully saturated rings. The van der Waals surface area contributed by atoms with Crippen molar-refractivity contribution in [1.82, 2.24) is 4.98 Å². The van der Waals surface area contributed by atoms with E-state index in [0.29, 0.717) is 16.8 Å². The largest absolute Gasteiger partial charge is 0.393 e. The highest BCUT2D eigenvalue weighted by atomic mass is 32.1. The molecule has 0 spiro atoms. The van der Waals surface area contributed by atoms with Gasteiger partial charge in [0.05, 0.1) is 17.4 Å². The highest BCUT2D eigenvalue weighted by molar-refractivity contribution is 7.80. The third-order valence-corrected chi connectivity index (χ3v) is 4.92. The molecule has 3 N–H and O–H groups in total. The molecule has 2 heterocycles. The van der Waals surface area contributed by atoms with Gasteiger partial charge in [-0.2, -0.15) is 0 Å². The molecule has 0 bridgehead atoms. The molecule has 0 aromatic carbocycles. The predicted molar refractivity (Wildman–Crippen MR) is 84.0 cm³/mol. The standard InChI is InChI=1S/C15H21N3OS/c1-8-5-12(14(15(16)20)9(2)17-8)18-6-10-3-4-13(19)11(10)7-18/h5,10-11,13,19H,3-4,6-7H2,1-2H3,(H2,16,20). The van der Waals surface area contributed by atoms with Crippen LogP contribution in [0.4, 0.5) is 5.69 Å². The number of nitrogens with two attached hydrogens (primary N) is 1. The Hall–Kier alpha value is -1.20. The fourth-order valence-electron chi connectivity index (χ4n) is 3.80. The third kappa shape index (κ3) is 2.19. The number of thiocarbonyl (C=S) groups is 1. The first kappa shape index (κ1) is 13.8. The lowest BCUT2D eigenvalue weighted by Gasteiger charge is -2.24. The number of rotatable bonds is 2. The summed E-state index contributed by atoms with van der Waals surface area (Å²) in [5, 5.41) is 10.1. The van der Waals surface area contributed by atoms with Crippen LogP contribution >= 0.6 is 12.2 Å². The van der Waals surface area contributed by atoms with Gasteiger partial charge in [0.1, 0.15) is 4.99 Å². The van der Waals surface area contributed by atoms with Crippen molar-refractivity contribution in [3.63, 3.8) is 0 Å². The summed E-state index contributed by atoms with van der Waals surface area (Å²) < 4.78 is 0. The third-order valence-electron chi connectivity index (χ3n) is 4.71. The molecule has 2 aliphatic rings. The summed E-state index contributed by atoms with van der Waals surface area (Å²) in [6.07, 6.45) is 1.91. The Morgan fingerprint density at radius 1 is 1.40 bits per heavy atom. The first-order valence-electron chi connectivity index (χ1n) is 7.18. The number of hydrogen-bond donors (Lipinski definition) is 2. The summed E-state index contributed by atoms with van der Waals surface area (Å²) in [4.78, 5) is 7.20. The van der Waals surface area contributed by atoms with Gasteiger partial charge >= 0.3 is 0 Å². The molecule has 1 aromatic heterocycles. The molecule has 1 saturated heterocycles. The van der Waals surface area contributed by atoms with E-state index in [-0.39, 0.29) is 6.10 Å². The van der Waals surface area contributed by atoms with Gasteiger partial charge in [0.15, 0.2) is 0 Å². The normalized spacial score (nSPS) is 28.8. The van der Waals surface area contributed by atoms with Crippen molar-refractivity contribution in [2.75, 3.05) is 18.0 Å². The zero-order valence-corrected chi connectivity index (χ0v) is 12.8. The second-order valence-electron chi connectivity index (χ2n) is 6.08. The van der Waals surface area contributed by atoms with E-state index in [0.717, 1.165) is 48.6 Å². The van der Waals surface area contributed by atoms with Gasteiger partial charge in [-0.25, -0.2) is 0 Å². The molecular weight excluding hydrogens is 270 g/mol. The van der Waals surface area contributed by atoms with E-state index in [1.165, 1.54) is 0 Å². The lowest BCUT2D eigenvalue weighted by Crippen LogP contribution is -2.27. The molecule has 1 saturated carbocycles. The molecule has 1 aliphatic heterocycles. The van der Waals surface area contributed by atoms with E-state index in [9.17, 15) is 5.11 Å². The number of aromatic nitrogens is 1. The Morgan fingerprint density at radius 2 is 2.15 bits per heavy atom. The van der Waals surface area contributed by atoms with Crippen molar-refractivity contribution in [3.8, 4) is 0 Å². The van der Waals surface area contributed by atoms with E-state index >= 15 is 0 Å². The lowest BCUT2D eigenvalue weighted by atomic mass is 10.00. The fourth-order valence-corrected chi connectivity index (χ4v) is 4.05. The van der Waals surface area contributed by atoms with Gasteiger partial charge in [-0.05, 0) is 38.7 Å². The van der Waals surface area contributed by atoms with Crippen LogP contribution in [-0.4, -0.2) is 34.3 Å². The zero-order valence-electron chi connectivity index (χ0n) is 12.0. The average molecular weight is 291 g/mol. The van der Waals surface area contributed by atoms with E-state index in [4.69, 9.17) is 18.0 Å². The minimum atomic E-state index is -0.151. The molecule has 0 amide bonds. The van der Waals surface area contributed by atoms with Gasteiger partial charge in [0, 0.05) is 30.4 Å². The Labute approximate surface area is 125 Å². The van der Waals surface area contributed by atoms with Crippen LogP contribution in [0.3, 0.4) is 0 Å². The molecule has 20 heavy (non-hydrogen) atoms. The highest BCUT2D eigenvalue weighted by Crippen LogP contribution is 2.41. The monoisotopic (exact) mass is 291 g/mol. The number of aliphatic hydroxyl groups is 1. The van der Waals surface area contributed by atoms with Gasteiger partial charge in [-0.15, -0.1) is 0 Å². The number of hydrogen-bond acceptors (Lipinski definition) is 4. The van der Waals surface area contributed by atoms with Crippen LogP contribution in [0, 0.1) is 25.7 Å². The molecule has 108 valence electrons. The molecule has 3 unspecified atom stereocenters. The molecular formula is C15H21N3OS. The smallest absolute Gasteiger partial charge is 0.107 e. The number of pyridine rings is 1.